The summed E-state index contributed by atoms with van der Waals surface area (Å²) in [5.41, 5.74) is 0.997. The second kappa shape index (κ2) is 6.53. The minimum atomic E-state index is 0.540. The van der Waals surface area contributed by atoms with Crippen LogP contribution in [0, 0.1) is 13.8 Å². The van der Waals surface area contributed by atoms with Crippen LogP contribution in [0.15, 0.2) is 4.42 Å². The first-order valence-electron chi connectivity index (χ1n) is 9.25. The maximum Gasteiger partial charge on any atom is 0.208 e. The molecular weight excluding hydrogens is 316 g/mol. The third-order valence-corrected chi connectivity index (χ3v) is 5.63. The van der Waals surface area contributed by atoms with Gasteiger partial charge in [0.15, 0.2) is 0 Å². The van der Waals surface area contributed by atoms with Crippen LogP contribution in [0.3, 0.4) is 0 Å². The molecular formula is C18H28N6O. The molecule has 2 aromatic heterocycles. The minimum absolute atomic E-state index is 0.540. The Labute approximate surface area is 149 Å². The van der Waals surface area contributed by atoms with E-state index in [1.54, 1.807) is 0 Å². The molecule has 1 saturated heterocycles. The summed E-state index contributed by atoms with van der Waals surface area (Å²) in [6, 6.07) is 0.540. The van der Waals surface area contributed by atoms with Gasteiger partial charge in [-0.25, -0.2) is 4.98 Å². The zero-order valence-electron chi connectivity index (χ0n) is 15.7. The molecule has 0 aromatic carbocycles. The van der Waals surface area contributed by atoms with Crippen molar-refractivity contribution in [1.29, 1.82) is 0 Å². The van der Waals surface area contributed by atoms with E-state index in [2.05, 4.69) is 43.6 Å². The smallest absolute Gasteiger partial charge is 0.208 e. The van der Waals surface area contributed by atoms with Gasteiger partial charge in [0, 0.05) is 32.1 Å². The number of hydrogen-bond donors (Lipinski definition) is 0. The maximum absolute atomic E-state index is 5.73. The van der Waals surface area contributed by atoms with Gasteiger partial charge in [0.05, 0.1) is 18.8 Å². The van der Waals surface area contributed by atoms with Gasteiger partial charge in [-0.15, -0.1) is 10.2 Å². The van der Waals surface area contributed by atoms with Crippen molar-refractivity contribution in [2.24, 2.45) is 7.05 Å². The summed E-state index contributed by atoms with van der Waals surface area (Å²) in [5, 5.41) is 8.81. The number of nitrogens with zero attached hydrogens (tertiary/aromatic N) is 6. The van der Waals surface area contributed by atoms with Crippen molar-refractivity contribution in [3.63, 3.8) is 0 Å². The van der Waals surface area contributed by atoms with Gasteiger partial charge in [-0.3, -0.25) is 9.80 Å². The predicted octanol–water partition coefficient (Wildman–Crippen LogP) is 2.00. The molecule has 1 unspecified atom stereocenters. The molecule has 1 aliphatic heterocycles. The van der Waals surface area contributed by atoms with Crippen LogP contribution in [0.25, 0.3) is 0 Å². The van der Waals surface area contributed by atoms with Gasteiger partial charge in [-0.2, -0.15) is 0 Å². The van der Waals surface area contributed by atoms with Crippen LogP contribution in [-0.4, -0.2) is 55.7 Å². The second-order valence-electron chi connectivity index (χ2n) is 7.65. The fraction of sp³-hybridized carbons (Fsp3) is 0.722. The van der Waals surface area contributed by atoms with Crippen molar-refractivity contribution in [3.8, 4) is 0 Å². The fourth-order valence-corrected chi connectivity index (χ4v) is 3.68. The third-order valence-electron chi connectivity index (χ3n) is 5.63. The summed E-state index contributed by atoms with van der Waals surface area (Å²) < 4.78 is 7.92. The summed E-state index contributed by atoms with van der Waals surface area (Å²) in [6.45, 7) is 7.76. The Kier molecular flexibility index (Phi) is 4.37. The highest BCUT2D eigenvalue weighted by Gasteiger charge is 2.31. The lowest BCUT2D eigenvalue weighted by Gasteiger charge is -2.24. The fourth-order valence-electron chi connectivity index (χ4n) is 3.68. The summed E-state index contributed by atoms with van der Waals surface area (Å²) >= 11 is 0. The number of aromatic nitrogens is 4. The number of likely N-dealkylation sites (tertiary alicyclic amines) is 1. The van der Waals surface area contributed by atoms with Crippen LogP contribution in [0.5, 0.6) is 0 Å². The molecule has 2 fully saturated rings. The van der Waals surface area contributed by atoms with Crippen molar-refractivity contribution in [2.75, 3.05) is 20.1 Å². The van der Waals surface area contributed by atoms with E-state index in [1.165, 1.54) is 19.3 Å². The molecule has 1 atom stereocenters. The largest absolute Gasteiger partial charge is 0.444 e. The van der Waals surface area contributed by atoms with Gasteiger partial charge in [0.25, 0.3) is 0 Å². The maximum atomic E-state index is 5.73. The molecule has 1 saturated carbocycles. The van der Waals surface area contributed by atoms with E-state index in [-0.39, 0.29) is 0 Å². The van der Waals surface area contributed by atoms with Crippen molar-refractivity contribution in [2.45, 2.75) is 58.2 Å². The lowest BCUT2D eigenvalue weighted by atomic mass is 10.2. The van der Waals surface area contributed by atoms with Crippen LogP contribution < -0.4 is 0 Å². The Morgan fingerprint density at radius 3 is 2.68 bits per heavy atom. The molecule has 3 heterocycles. The molecule has 0 spiro atoms. The average molecular weight is 344 g/mol. The van der Waals surface area contributed by atoms with E-state index in [4.69, 9.17) is 4.42 Å². The molecule has 25 heavy (non-hydrogen) atoms. The Balaban J connectivity index is 1.33. The number of rotatable bonds is 6. The molecule has 2 aromatic rings. The molecule has 7 heteroatoms. The van der Waals surface area contributed by atoms with Crippen LogP contribution in [0.1, 0.15) is 54.2 Å². The van der Waals surface area contributed by atoms with Crippen LogP contribution >= 0.6 is 0 Å². The second-order valence-corrected chi connectivity index (χ2v) is 7.65. The van der Waals surface area contributed by atoms with E-state index in [0.717, 1.165) is 55.2 Å². The zero-order valence-corrected chi connectivity index (χ0v) is 15.7. The van der Waals surface area contributed by atoms with Gasteiger partial charge < -0.3 is 8.98 Å². The Morgan fingerprint density at radius 2 is 2.00 bits per heavy atom. The minimum Gasteiger partial charge on any atom is -0.444 e. The number of aryl methyl sites for hydroxylation is 2. The Bertz CT molecular complexity index is 727. The van der Waals surface area contributed by atoms with E-state index in [9.17, 15) is 0 Å². The highest BCUT2D eigenvalue weighted by Crippen LogP contribution is 2.38. The summed E-state index contributed by atoms with van der Waals surface area (Å²) in [6.07, 6.45) is 3.70. The first-order chi connectivity index (χ1) is 12.0. The van der Waals surface area contributed by atoms with E-state index in [0.29, 0.717) is 12.0 Å². The molecule has 0 amide bonds. The first kappa shape index (κ1) is 16.7. The van der Waals surface area contributed by atoms with Crippen molar-refractivity contribution in [3.05, 3.63) is 29.0 Å². The number of oxazole rings is 1. The normalized spacial score (nSPS) is 21.6. The van der Waals surface area contributed by atoms with E-state index in [1.807, 2.05) is 13.8 Å². The third kappa shape index (κ3) is 3.48. The predicted molar refractivity (Wildman–Crippen MR) is 94.1 cm³/mol. The van der Waals surface area contributed by atoms with E-state index >= 15 is 0 Å². The molecule has 136 valence electrons. The topological polar surface area (TPSA) is 63.2 Å². The first-order valence-corrected chi connectivity index (χ1v) is 9.25. The van der Waals surface area contributed by atoms with Gasteiger partial charge in [0.2, 0.25) is 5.89 Å². The van der Waals surface area contributed by atoms with Crippen LogP contribution in [0.4, 0.5) is 0 Å². The van der Waals surface area contributed by atoms with Gasteiger partial charge >= 0.3 is 0 Å². The average Bonchev–Trinajstić information content (AvgIpc) is 3.07. The Morgan fingerprint density at radius 1 is 1.20 bits per heavy atom. The SMILES string of the molecule is Cc1nc(CN2CCC(N(C)Cc3nnc(C4CC4)n3C)C2)oc1C. The van der Waals surface area contributed by atoms with Gasteiger partial charge in [-0.05, 0) is 40.2 Å². The summed E-state index contributed by atoms with van der Waals surface area (Å²) in [7, 11) is 4.30. The van der Waals surface area contributed by atoms with Crippen LogP contribution in [0.2, 0.25) is 0 Å². The quantitative estimate of drug-likeness (QED) is 0.799. The molecule has 0 radical (unpaired) electrons. The number of hydrogen-bond acceptors (Lipinski definition) is 6. The standard InChI is InChI=1S/C18H28N6O/c1-12-13(2)25-17(19-12)11-24-8-7-15(9-24)22(3)10-16-20-21-18(23(16)4)14-5-6-14/h14-15H,5-11H2,1-4H3. The number of likely N-dealkylation sites (N-methyl/N-ethyl adjacent to an activating group) is 1. The molecule has 7 nitrogen and oxygen atoms in total. The van der Waals surface area contributed by atoms with Crippen molar-refractivity contribution in [1.82, 2.24) is 29.5 Å². The molecule has 2 aliphatic rings. The summed E-state index contributed by atoms with van der Waals surface area (Å²) in [5.74, 6) is 4.64. The lowest BCUT2D eigenvalue weighted by Crippen LogP contribution is -2.34. The van der Waals surface area contributed by atoms with E-state index < -0.39 is 0 Å². The molecule has 0 bridgehead atoms. The highest BCUT2D eigenvalue weighted by molar-refractivity contribution is 5.08. The molecule has 1 aliphatic carbocycles. The summed E-state index contributed by atoms with van der Waals surface area (Å²) in [4.78, 5) is 9.34. The van der Waals surface area contributed by atoms with Gasteiger partial charge in [-0.1, -0.05) is 0 Å². The van der Waals surface area contributed by atoms with Crippen molar-refractivity contribution >= 4 is 0 Å². The van der Waals surface area contributed by atoms with Gasteiger partial charge in [0.1, 0.15) is 17.4 Å². The highest BCUT2D eigenvalue weighted by atomic mass is 16.4. The lowest BCUT2D eigenvalue weighted by molar-refractivity contribution is 0.210. The van der Waals surface area contributed by atoms with Crippen molar-refractivity contribution < 1.29 is 4.42 Å². The Hall–Kier alpha value is -1.73. The monoisotopic (exact) mass is 344 g/mol. The molecule has 4 rings (SSSR count). The van der Waals surface area contributed by atoms with Crippen LogP contribution in [-0.2, 0) is 20.1 Å². The molecule has 0 N–H and O–H groups in total. The zero-order chi connectivity index (χ0) is 17.6.